The average Bonchev–Trinajstić information content (AvgIpc) is 3.25. The molecule has 1 N–H and O–H groups in total. The van der Waals surface area contributed by atoms with Crippen molar-refractivity contribution in [2.75, 3.05) is 23.7 Å². The predicted octanol–water partition coefficient (Wildman–Crippen LogP) is 5.68. The van der Waals surface area contributed by atoms with E-state index in [1.165, 1.54) is 28.8 Å². The summed E-state index contributed by atoms with van der Waals surface area (Å²) in [5.74, 6) is -0.0513. The number of thioether (sulfide) groups is 1. The molecule has 3 aromatic carbocycles. The number of nitrogens with zero attached hydrogens (tertiary/aromatic N) is 3. The number of benzene rings is 3. The molecule has 4 aromatic rings. The highest BCUT2D eigenvalue weighted by atomic mass is 32.2. The fraction of sp³-hybridized carbons (Fsp3) is 0.233. The molecular weight excluding hydrogens is 499 g/mol. The second kappa shape index (κ2) is 11.2. The molecule has 0 fully saturated rings. The van der Waals surface area contributed by atoms with Gasteiger partial charge in [-0.1, -0.05) is 67.1 Å². The average molecular weight is 529 g/mol. The Balaban J connectivity index is 1.78. The Morgan fingerprint density at radius 2 is 1.84 bits per heavy atom. The lowest BCUT2D eigenvalue weighted by atomic mass is 9.98. The molecule has 0 radical (unpaired) electrons. The highest BCUT2D eigenvalue weighted by Gasteiger charge is 2.37. The summed E-state index contributed by atoms with van der Waals surface area (Å²) in [7, 11) is 0. The summed E-state index contributed by atoms with van der Waals surface area (Å²) in [6.07, 6.45) is 0.794. The van der Waals surface area contributed by atoms with Gasteiger partial charge in [0.1, 0.15) is 18.2 Å². The van der Waals surface area contributed by atoms with E-state index in [1.54, 1.807) is 16.8 Å². The molecule has 1 aliphatic rings. The lowest BCUT2D eigenvalue weighted by Crippen LogP contribution is -2.42. The molecule has 38 heavy (non-hydrogen) atoms. The van der Waals surface area contributed by atoms with Crippen LogP contribution in [0.3, 0.4) is 0 Å². The van der Waals surface area contributed by atoms with Crippen LogP contribution in [0.25, 0.3) is 16.9 Å². The van der Waals surface area contributed by atoms with E-state index in [1.807, 2.05) is 56.3 Å². The molecule has 0 aliphatic carbocycles. The number of aromatic nitrogens is 2. The van der Waals surface area contributed by atoms with Gasteiger partial charge in [0.2, 0.25) is 11.8 Å². The first-order valence-corrected chi connectivity index (χ1v) is 13.7. The third-order valence-corrected chi connectivity index (χ3v) is 7.68. The van der Waals surface area contributed by atoms with E-state index in [0.717, 1.165) is 34.4 Å². The molecule has 0 spiro atoms. The van der Waals surface area contributed by atoms with Gasteiger partial charge in [0.15, 0.2) is 0 Å². The van der Waals surface area contributed by atoms with Crippen molar-refractivity contribution in [3.05, 3.63) is 101 Å². The second-order valence-electron chi connectivity index (χ2n) is 9.28. The number of nitrogens with one attached hydrogen (secondary N) is 1. The monoisotopic (exact) mass is 528 g/mol. The molecule has 0 saturated heterocycles. The zero-order chi connectivity index (χ0) is 26.6. The number of anilines is 1. The van der Waals surface area contributed by atoms with E-state index >= 15 is 0 Å². The summed E-state index contributed by atoms with van der Waals surface area (Å²) >= 11 is 1.53. The van der Waals surface area contributed by atoms with Gasteiger partial charge < -0.3 is 5.32 Å². The van der Waals surface area contributed by atoms with Crippen LogP contribution in [0.4, 0.5) is 10.2 Å². The van der Waals surface area contributed by atoms with Crippen LogP contribution < -0.4 is 10.2 Å². The Kier molecular flexibility index (Phi) is 7.60. The molecule has 0 saturated carbocycles. The van der Waals surface area contributed by atoms with Gasteiger partial charge in [0.05, 0.1) is 22.4 Å². The van der Waals surface area contributed by atoms with Gasteiger partial charge in [-0.25, -0.2) is 9.07 Å². The minimum atomic E-state index is -0.365. The van der Waals surface area contributed by atoms with Gasteiger partial charge in [0.25, 0.3) is 0 Å². The number of carbonyl (C=O) groups is 2. The third-order valence-electron chi connectivity index (χ3n) is 6.43. The van der Waals surface area contributed by atoms with Crippen molar-refractivity contribution in [2.45, 2.75) is 25.5 Å². The number of rotatable bonds is 7. The molecule has 5 rings (SSSR count). The summed E-state index contributed by atoms with van der Waals surface area (Å²) in [6, 6.07) is 24.1. The highest BCUT2D eigenvalue weighted by Crippen LogP contribution is 2.48. The summed E-state index contributed by atoms with van der Waals surface area (Å²) in [5.41, 5.74) is 5.24. The first-order chi connectivity index (χ1) is 18.5. The Morgan fingerprint density at radius 1 is 1.08 bits per heavy atom. The molecule has 8 heteroatoms. The second-order valence-corrected chi connectivity index (χ2v) is 10.4. The number of halogens is 1. The molecule has 1 aromatic heterocycles. The van der Waals surface area contributed by atoms with Crippen LogP contribution >= 0.6 is 11.8 Å². The van der Waals surface area contributed by atoms with Crippen LogP contribution in [0, 0.1) is 12.7 Å². The maximum atomic E-state index is 13.9. The lowest BCUT2D eigenvalue weighted by molar-refractivity contribution is -0.122. The predicted molar refractivity (Wildman–Crippen MR) is 150 cm³/mol. The molecule has 1 aliphatic heterocycles. The molecule has 2 amide bonds. The van der Waals surface area contributed by atoms with E-state index in [-0.39, 0.29) is 35.2 Å². The molecule has 0 bridgehead atoms. The van der Waals surface area contributed by atoms with Gasteiger partial charge in [-0.3, -0.25) is 14.5 Å². The smallest absolute Gasteiger partial charge is 0.240 e. The van der Waals surface area contributed by atoms with E-state index in [9.17, 15) is 14.0 Å². The van der Waals surface area contributed by atoms with Crippen molar-refractivity contribution in [3.63, 3.8) is 0 Å². The number of carbonyl (C=O) groups excluding carboxylic acids is 2. The zero-order valence-corrected chi connectivity index (χ0v) is 22.2. The first-order valence-electron chi connectivity index (χ1n) is 12.7. The van der Waals surface area contributed by atoms with Crippen LogP contribution in [-0.4, -0.2) is 40.4 Å². The summed E-state index contributed by atoms with van der Waals surface area (Å²) in [6.45, 7) is 4.42. The molecule has 6 nitrogen and oxygen atoms in total. The Hall–Kier alpha value is -3.91. The van der Waals surface area contributed by atoms with Crippen LogP contribution in [0.15, 0.2) is 78.9 Å². The standard InChI is InChI=1S/C30H29FN4O2S/c1-3-16-32-25(36)18-34-26(37)19-38-29(22-11-7-8-20(2)17-22)27-28(21-9-5-4-6-10-21)33-35(30(27)34)24-14-12-23(31)13-15-24/h4-15,17,29H,3,16,18-19H2,1-2H3,(H,32,36)/t29-/m1/s1. The van der Waals surface area contributed by atoms with E-state index < -0.39 is 0 Å². The zero-order valence-electron chi connectivity index (χ0n) is 21.4. The van der Waals surface area contributed by atoms with Crippen LogP contribution in [-0.2, 0) is 9.59 Å². The van der Waals surface area contributed by atoms with Crippen molar-refractivity contribution in [3.8, 4) is 16.9 Å². The van der Waals surface area contributed by atoms with Crippen LogP contribution in [0.5, 0.6) is 0 Å². The Labute approximate surface area is 225 Å². The van der Waals surface area contributed by atoms with Crippen molar-refractivity contribution in [2.24, 2.45) is 0 Å². The maximum absolute atomic E-state index is 13.9. The minimum Gasteiger partial charge on any atom is -0.355 e. The molecule has 2 heterocycles. The van der Waals surface area contributed by atoms with Crippen molar-refractivity contribution in [1.82, 2.24) is 15.1 Å². The summed E-state index contributed by atoms with van der Waals surface area (Å²) in [5, 5.41) is 7.69. The lowest BCUT2D eigenvalue weighted by Gasteiger charge is -2.23. The fourth-order valence-electron chi connectivity index (χ4n) is 4.65. The largest absolute Gasteiger partial charge is 0.355 e. The number of aryl methyl sites for hydroxylation is 1. The van der Waals surface area contributed by atoms with E-state index in [2.05, 4.69) is 17.4 Å². The molecule has 194 valence electrons. The Bertz CT molecular complexity index is 1450. The van der Waals surface area contributed by atoms with Gasteiger partial charge in [-0.05, 0) is 43.2 Å². The van der Waals surface area contributed by atoms with Crippen LogP contribution in [0.2, 0.25) is 0 Å². The van der Waals surface area contributed by atoms with Gasteiger partial charge in [-0.15, -0.1) is 11.8 Å². The van der Waals surface area contributed by atoms with Crippen molar-refractivity contribution < 1.29 is 14.0 Å². The molecule has 1 atom stereocenters. The normalized spacial score (nSPS) is 15.2. The minimum absolute atomic E-state index is 0.131. The fourth-order valence-corrected chi connectivity index (χ4v) is 5.84. The van der Waals surface area contributed by atoms with E-state index in [4.69, 9.17) is 5.10 Å². The Morgan fingerprint density at radius 3 is 2.55 bits per heavy atom. The molecule has 0 unspecified atom stereocenters. The number of fused-ring (bicyclic) bond motifs is 1. The highest BCUT2D eigenvalue weighted by molar-refractivity contribution is 8.00. The SMILES string of the molecule is CCCNC(=O)CN1C(=O)CS[C@H](c2cccc(C)c2)c2c(-c3ccccc3)nn(-c3ccc(F)cc3)c21. The van der Waals surface area contributed by atoms with Gasteiger partial charge in [-0.2, -0.15) is 5.10 Å². The van der Waals surface area contributed by atoms with Gasteiger partial charge >= 0.3 is 0 Å². The topological polar surface area (TPSA) is 67.2 Å². The summed E-state index contributed by atoms with van der Waals surface area (Å²) in [4.78, 5) is 28.1. The number of hydrogen-bond donors (Lipinski definition) is 1. The maximum Gasteiger partial charge on any atom is 0.240 e. The first kappa shape index (κ1) is 25.7. The number of hydrogen-bond acceptors (Lipinski definition) is 4. The van der Waals surface area contributed by atoms with Gasteiger partial charge in [0, 0.05) is 17.7 Å². The van der Waals surface area contributed by atoms with Crippen molar-refractivity contribution in [1.29, 1.82) is 0 Å². The van der Waals surface area contributed by atoms with E-state index in [0.29, 0.717) is 18.1 Å². The van der Waals surface area contributed by atoms with Crippen molar-refractivity contribution >= 4 is 29.4 Å². The number of amides is 2. The quantitative estimate of drug-likeness (QED) is 0.335. The summed E-state index contributed by atoms with van der Waals surface area (Å²) < 4.78 is 15.6. The van der Waals surface area contributed by atoms with Crippen LogP contribution in [0.1, 0.15) is 35.3 Å². The molecular formula is C30H29FN4O2S. The third kappa shape index (κ3) is 5.22.